The smallest absolute Gasteiger partial charge is 0.335 e. The van der Waals surface area contributed by atoms with Gasteiger partial charge in [-0.05, 0) is 169 Å². The lowest BCUT2D eigenvalue weighted by Crippen LogP contribution is -2.27. The van der Waals surface area contributed by atoms with Crippen molar-refractivity contribution in [1.29, 1.82) is 0 Å². The fourth-order valence-corrected chi connectivity index (χ4v) is 14.9. The molecule has 0 N–H and O–H groups in total. The third kappa shape index (κ3) is 55.8. The Morgan fingerprint density at radius 1 is 0.286 bits per heavy atom. The molecule has 8 fully saturated rings. The maximum Gasteiger partial charge on any atom is 0.335 e. The molecule has 8 saturated heterocycles. The van der Waals surface area contributed by atoms with E-state index in [2.05, 4.69) is 66.5 Å². The van der Waals surface area contributed by atoms with Crippen LogP contribution in [0.5, 0.6) is 0 Å². The Hall–Kier alpha value is -4.62. The Morgan fingerprint density at radius 3 is 0.911 bits per heavy atom. The van der Waals surface area contributed by atoms with Crippen molar-refractivity contribution in [3.05, 3.63) is 99.2 Å². The molecule has 0 aromatic heterocycles. The maximum absolute atomic E-state index is 11.3. The lowest BCUT2D eigenvalue weighted by atomic mass is 10.2. The van der Waals surface area contributed by atoms with E-state index in [9.17, 15) is 38.4 Å². The van der Waals surface area contributed by atoms with Crippen molar-refractivity contribution in [1.82, 2.24) is 0 Å². The van der Waals surface area contributed by atoms with E-state index in [0.29, 0.717) is 110 Å². The van der Waals surface area contributed by atoms with Gasteiger partial charge in [0.05, 0.1) is 101 Å². The van der Waals surface area contributed by atoms with Gasteiger partial charge < -0.3 is 85.3 Å². The lowest BCUT2D eigenvalue weighted by Gasteiger charge is -2.23. The van der Waals surface area contributed by atoms with E-state index in [1.54, 1.807) is 98.3 Å². The normalized spacial score (nSPS) is 28.2. The second-order valence-corrected chi connectivity index (χ2v) is 34.6. The van der Waals surface area contributed by atoms with Crippen molar-refractivity contribution in [2.45, 2.75) is 254 Å². The minimum absolute atomic E-state index is 0.156. The molecule has 8 heterocycles. The summed E-state index contributed by atoms with van der Waals surface area (Å²) < 4.78 is 94.6. The topological polar surface area (TPSA) is 303 Å². The van der Waals surface area contributed by atoms with Crippen LogP contribution in [0.4, 0.5) is 0 Å². The fraction of sp³-hybridized carbons (Fsp3) is 0.700. The maximum atomic E-state index is 11.3. The molecule has 16 atom stereocenters. The Morgan fingerprint density at radius 2 is 0.554 bits per heavy atom. The van der Waals surface area contributed by atoms with Gasteiger partial charge in [-0.2, -0.15) is 23.5 Å². The number of esters is 8. The van der Waals surface area contributed by atoms with Crippen LogP contribution in [0.3, 0.4) is 0 Å². The molecule has 8 aliphatic heterocycles. The van der Waals surface area contributed by atoms with Crippen LogP contribution < -0.4 is 0 Å². The van der Waals surface area contributed by atoms with Crippen LogP contribution in [0.2, 0.25) is 0 Å². The standard InChI is InChI=1S/2C11H18O3S.C10H16O4.3C10H16O3S.C9H14O4.C9H14O3S/c1-8(2)11(12)14-10-7-13-9(3)5-4-6-15-10;1-8(2)11(12)14-10-7-15-9(3)5-4-6-13-10;1-7(2)10(11)14-9-6-13-8(3)4-5-12-9;1-7(2)10(11)13-9-6-12-8(3)4-5-14-9;1-3-9(11)13-10-7-12-8(2)5-4-6-14-10;1-3-9(11)13-10-7-14-8(2)5-4-6-12-10;1-3-8(10)13-9-6-12-7(2)4-5-11-9;1-3-8(10)12-9-6-11-7(2)4-5-13-9/h2*9-10H,1,4-7H2,2-3H3;2*8-9H,1,4-6H2,2-3H3;2*3,8,10H,1,4-7H2,2H3;2*3,7,9H,1,4-6H2,2H3. The Kier molecular flexibility index (Phi) is 60.7. The van der Waals surface area contributed by atoms with Crippen LogP contribution in [0, 0.1) is 0 Å². The lowest BCUT2D eigenvalue weighted by molar-refractivity contribution is -0.180. The van der Waals surface area contributed by atoms with Gasteiger partial charge in [-0.1, -0.05) is 66.5 Å². The number of thioether (sulfide) groups is 6. The minimum Gasteiger partial charge on any atom is -0.446 e. The molecule has 32 heteroatoms. The molecule has 0 aliphatic carbocycles. The molecule has 26 nitrogen and oxygen atoms in total. The average molecular weight is 1700 g/mol. The van der Waals surface area contributed by atoms with E-state index in [0.717, 1.165) is 112 Å². The highest BCUT2D eigenvalue weighted by molar-refractivity contribution is 8.00. The van der Waals surface area contributed by atoms with Crippen molar-refractivity contribution < 1.29 is 124 Å². The molecule has 0 spiro atoms. The van der Waals surface area contributed by atoms with Crippen molar-refractivity contribution in [2.75, 3.05) is 101 Å². The van der Waals surface area contributed by atoms with Gasteiger partial charge in [0.15, 0.2) is 21.7 Å². The molecule has 0 aromatic carbocycles. The van der Waals surface area contributed by atoms with Crippen LogP contribution >= 0.6 is 70.6 Å². The third-order valence-corrected chi connectivity index (χ3v) is 22.6. The zero-order chi connectivity index (χ0) is 83.8. The summed E-state index contributed by atoms with van der Waals surface area (Å²) in [7, 11) is 0. The van der Waals surface area contributed by atoms with Gasteiger partial charge in [-0.3, -0.25) is 0 Å². The van der Waals surface area contributed by atoms with Gasteiger partial charge in [-0.15, -0.1) is 47.0 Å². The summed E-state index contributed by atoms with van der Waals surface area (Å²) in [5.41, 5.74) is 0.943. The SMILES string of the molecule is C=C(C)C(=O)OC1COC(C)CCCS1.C=C(C)C(=O)OC1COC(C)CCO1.C=C(C)C(=O)OC1COC(C)CCS1.C=C(C)C(=O)OC1CSC(C)CCCO1.C=CC(=O)OC1COC(C)CCCS1.C=CC(=O)OC1COC(C)CCO1.C=CC(=O)OC1COC(C)CCS1.C=CC(=O)OC1CSC(C)CCCO1. The number of rotatable bonds is 16. The van der Waals surface area contributed by atoms with Crippen LogP contribution in [-0.4, -0.2) is 242 Å². The third-order valence-electron chi connectivity index (χ3n) is 15.7. The Balaban J connectivity index is 0.000000640. The second-order valence-electron chi connectivity index (χ2n) is 26.6. The highest BCUT2D eigenvalue weighted by Crippen LogP contribution is 2.27. The molecular formula is C80H128O26S6. The molecule has 640 valence electrons. The highest BCUT2D eigenvalue weighted by Gasteiger charge is 2.27. The van der Waals surface area contributed by atoms with Crippen molar-refractivity contribution in [3.63, 3.8) is 0 Å². The fourth-order valence-electron chi connectivity index (χ4n) is 8.93. The van der Waals surface area contributed by atoms with Crippen LogP contribution in [0.1, 0.15) is 160 Å². The number of hydrogen-bond acceptors (Lipinski definition) is 32. The highest BCUT2D eigenvalue weighted by atomic mass is 32.2. The second kappa shape index (κ2) is 64.5. The summed E-state index contributed by atoms with van der Waals surface area (Å²) in [6.07, 6.45) is 16.4. The van der Waals surface area contributed by atoms with Crippen LogP contribution in [0.15, 0.2) is 99.2 Å². The largest absolute Gasteiger partial charge is 0.446 e. The molecule has 0 aromatic rings. The minimum atomic E-state index is -0.593. The summed E-state index contributed by atoms with van der Waals surface area (Å²) in [6, 6.07) is 0. The zero-order valence-electron chi connectivity index (χ0n) is 68.1. The summed E-state index contributed by atoms with van der Waals surface area (Å²) in [4.78, 5) is 88.5. The summed E-state index contributed by atoms with van der Waals surface area (Å²) >= 11 is 10.1. The van der Waals surface area contributed by atoms with Gasteiger partial charge in [0.1, 0.15) is 13.2 Å². The summed E-state index contributed by atoms with van der Waals surface area (Å²) in [5, 5.41) is 1.23. The predicted octanol–water partition coefficient (Wildman–Crippen LogP) is 14.4. The van der Waals surface area contributed by atoms with E-state index >= 15 is 0 Å². The van der Waals surface area contributed by atoms with Crippen LogP contribution in [0.25, 0.3) is 0 Å². The first-order valence-corrected chi connectivity index (χ1v) is 44.2. The van der Waals surface area contributed by atoms with Gasteiger partial charge in [0.25, 0.3) is 0 Å². The van der Waals surface area contributed by atoms with E-state index in [4.69, 9.17) is 85.3 Å². The van der Waals surface area contributed by atoms with Crippen molar-refractivity contribution >= 4 is 118 Å². The Labute approximate surface area is 691 Å². The Bertz CT molecular complexity index is 2650. The number of ether oxygens (including phenoxy) is 18. The first-order chi connectivity index (χ1) is 53.2. The first-order valence-electron chi connectivity index (χ1n) is 37.9. The summed E-state index contributed by atoms with van der Waals surface area (Å²) in [6.45, 7) is 55.4. The summed E-state index contributed by atoms with van der Waals surface area (Å²) in [5.74, 6) is 2.27. The molecule has 8 aliphatic rings. The number of carbonyl (C=O) groups excluding carboxylic acids is 8. The van der Waals surface area contributed by atoms with Crippen molar-refractivity contribution in [3.8, 4) is 0 Å². The molecule has 0 bridgehead atoms. The van der Waals surface area contributed by atoms with Gasteiger partial charge in [-0.25, -0.2) is 38.4 Å². The van der Waals surface area contributed by atoms with Gasteiger partial charge in [0, 0.05) is 57.1 Å². The zero-order valence-corrected chi connectivity index (χ0v) is 73.0. The monoisotopic (exact) mass is 1700 g/mol. The molecule has 0 radical (unpaired) electrons. The van der Waals surface area contributed by atoms with E-state index in [1.165, 1.54) is 12.2 Å². The molecule has 8 rings (SSSR count). The number of carbonyl (C=O) groups is 8. The molecule has 0 saturated carbocycles. The molecule has 0 amide bonds. The number of hydrogen-bond donors (Lipinski definition) is 0. The predicted molar refractivity (Wildman–Crippen MR) is 444 cm³/mol. The van der Waals surface area contributed by atoms with Gasteiger partial charge in [0.2, 0.25) is 25.2 Å². The van der Waals surface area contributed by atoms with E-state index in [-0.39, 0.29) is 88.2 Å². The molecular weight excluding hydrogens is 1570 g/mol. The van der Waals surface area contributed by atoms with Crippen molar-refractivity contribution in [2.24, 2.45) is 0 Å². The average Bonchev–Trinajstić information content (AvgIpc) is 1.89. The van der Waals surface area contributed by atoms with E-state index in [1.807, 2.05) is 41.5 Å². The van der Waals surface area contributed by atoms with Crippen LogP contribution in [-0.2, 0) is 124 Å². The molecule has 112 heavy (non-hydrogen) atoms. The molecule has 16 unspecified atom stereocenters. The first kappa shape index (κ1) is 105. The van der Waals surface area contributed by atoms with E-state index < -0.39 is 43.1 Å². The quantitative estimate of drug-likeness (QED) is 0.0787. The van der Waals surface area contributed by atoms with Gasteiger partial charge >= 0.3 is 47.8 Å².